The lowest BCUT2D eigenvalue weighted by Crippen LogP contribution is -2.22. The number of anilines is 1. The van der Waals surface area contributed by atoms with Crippen LogP contribution in [-0.2, 0) is 6.54 Å². The van der Waals surface area contributed by atoms with Crippen molar-refractivity contribution in [2.75, 3.05) is 11.9 Å². The highest BCUT2D eigenvalue weighted by Crippen LogP contribution is 2.16. The van der Waals surface area contributed by atoms with Crippen LogP contribution in [0.25, 0.3) is 0 Å². The zero-order valence-electron chi connectivity index (χ0n) is 15.6. The van der Waals surface area contributed by atoms with E-state index in [1.165, 1.54) is 0 Å². The van der Waals surface area contributed by atoms with Gasteiger partial charge in [0.25, 0.3) is 11.8 Å². The van der Waals surface area contributed by atoms with Crippen LogP contribution >= 0.6 is 0 Å². The molecule has 2 N–H and O–H groups in total. The van der Waals surface area contributed by atoms with Gasteiger partial charge < -0.3 is 15.4 Å². The van der Waals surface area contributed by atoms with Crippen LogP contribution in [0.4, 0.5) is 5.69 Å². The first-order valence-electron chi connectivity index (χ1n) is 9.12. The summed E-state index contributed by atoms with van der Waals surface area (Å²) in [6.07, 6.45) is 0. The van der Waals surface area contributed by atoms with Crippen LogP contribution in [0.2, 0.25) is 0 Å². The summed E-state index contributed by atoms with van der Waals surface area (Å²) in [4.78, 5) is 24.5. The van der Waals surface area contributed by atoms with Gasteiger partial charge in [0.15, 0.2) is 0 Å². The fraction of sp³-hybridized carbons (Fsp3) is 0.130. The average molecular weight is 374 g/mol. The van der Waals surface area contributed by atoms with E-state index < -0.39 is 0 Å². The zero-order valence-corrected chi connectivity index (χ0v) is 15.6. The summed E-state index contributed by atoms with van der Waals surface area (Å²) >= 11 is 0. The minimum Gasteiger partial charge on any atom is -0.494 e. The van der Waals surface area contributed by atoms with Crippen molar-refractivity contribution >= 4 is 17.5 Å². The van der Waals surface area contributed by atoms with Gasteiger partial charge in [-0.25, -0.2) is 0 Å². The molecule has 28 heavy (non-hydrogen) atoms. The number of hydrogen-bond donors (Lipinski definition) is 2. The second kappa shape index (κ2) is 9.37. The Morgan fingerprint density at radius 1 is 0.786 bits per heavy atom. The van der Waals surface area contributed by atoms with E-state index in [4.69, 9.17) is 4.74 Å². The standard InChI is InChI=1S/C23H22N2O3/c1-2-28-21-14-12-20(13-15-21)25-23(27)19-10-8-17(9-11-19)16-24-22(26)18-6-4-3-5-7-18/h3-15H,2,16H2,1H3,(H,24,26)(H,25,27). The van der Waals surface area contributed by atoms with Crippen molar-refractivity contribution in [3.8, 4) is 5.75 Å². The van der Waals surface area contributed by atoms with Crippen LogP contribution < -0.4 is 15.4 Å². The fourth-order valence-corrected chi connectivity index (χ4v) is 2.65. The van der Waals surface area contributed by atoms with E-state index in [0.29, 0.717) is 30.0 Å². The lowest BCUT2D eigenvalue weighted by atomic mass is 10.1. The molecule has 0 unspecified atom stereocenters. The van der Waals surface area contributed by atoms with Gasteiger partial charge in [-0.15, -0.1) is 0 Å². The van der Waals surface area contributed by atoms with Crippen molar-refractivity contribution in [3.63, 3.8) is 0 Å². The van der Waals surface area contributed by atoms with Gasteiger partial charge in [-0.2, -0.15) is 0 Å². The quantitative estimate of drug-likeness (QED) is 0.649. The second-order valence-electron chi connectivity index (χ2n) is 6.16. The summed E-state index contributed by atoms with van der Waals surface area (Å²) in [6.45, 7) is 2.92. The minimum atomic E-state index is -0.191. The number of carbonyl (C=O) groups is 2. The van der Waals surface area contributed by atoms with Crippen molar-refractivity contribution in [2.45, 2.75) is 13.5 Å². The summed E-state index contributed by atoms with van der Waals surface area (Å²) in [6, 6.07) is 23.4. The highest BCUT2D eigenvalue weighted by molar-refractivity contribution is 6.04. The van der Waals surface area contributed by atoms with Gasteiger partial charge in [0.2, 0.25) is 0 Å². The third-order valence-electron chi connectivity index (χ3n) is 4.13. The molecule has 5 heteroatoms. The van der Waals surface area contributed by atoms with Gasteiger partial charge in [0, 0.05) is 23.4 Å². The van der Waals surface area contributed by atoms with Crippen LogP contribution in [0.5, 0.6) is 5.75 Å². The summed E-state index contributed by atoms with van der Waals surface area (Å²) in [7, 11) is 0. The Kier molecular flexibility index (Phi) is 6.41. The fourth-order valence-electron chi connectivity index (χ4n) is 2.65. The number of ether oxygens (including phenoxy) is 1. The van der Waals surface area contributed by atoms with E-state index in [0.717, 1.165) is 11.3 Å². The van der Waals surface area contributed by atoms with Crippen molar-refractivity contribution in [2.24, 2.45) is 0 Å². The number of hydrogen-bond acceptors (Lipinski definition) is 3. The summed E-state index contributed by atoms with van der Waals surface area (Å²) in [5.74, 6) is 0.448. The van der Waals surface area contributed by atoms with Gasteiger partial charge in [0.05, 0.1) is 6.61 Å². The smallest absolute Gasteiger partial charge is 0.255 e. The van der Waals surface area contributed by atoms with E-state index in [1.807, 2.05) is 49.4 Å². The first-order valence-corrected chi connectivity index (χ1v) is 9.12. The van der Waals surface area contributed by atoms with Crippen molar-refractivity contribution < 1.29 is 14.3 Å². The van der Waals surface area contributed by atoms with Crippen LogP contribution in [-0.4, -0.2) is 18.4 Å². The Labute approximate surface area is 164 Å². The molecule has 0 saturated heterocycles. The van der Waals surface area contributed by atoms with Gasteiger partial charge in [-0.05, 0) is 61.0 Å². The molecule has 0 radical (unpaired) electrons. The number of nitrogens with one attached hydrogen (secondary N) is 2. The van der Waals surface area contributed by atoms with Gasteiger partial charge in [-0.3, -0.25) is 9.59 Å². The van der Waals surface area contributed by atoms with E-state index in [-0.39, 0.29) is 11.8 Å². The lowest BCUT2D eigenvalue weighted by molar-refractivity contribution is 0.0949. The Hall–Kier alpha value is -3.60. The van der Waals surface area contributed by atoms with Crippen LogP contribution in [0, 0.1) is 0 Å². The molecule has 3 aromatic carbocycles. The summed E-state index contributed by atoms with van der Waals surface area (Å²) in [5, 5.41) is 5.72. The molecule has 0 atom stereocenters. The Morgan fingerprint density at radius 2 is 1.43 bits per heavy atom. The molecule has 0 aliphatic heterocycles. The predicted molar refractivity (Wildman–Crippen MR) is 110 cm³/mol. The zero-order chi connectivity index (χ0) is 19.8. The number of benzene rings is 3. The maximum atomic E-state index is 12.4. The van der Waals surface area contributed by atoms with E-state index in [2.05, 4.69) is 10.6 Å². The second-order valence-corrected chi connectivity index (χ2v) is 6.16. The molecule has 0 aromatic heterocycles. The summed E-state index contributed by atoms with van der Waals surface area (Å²) < 4.78 is 5.39. The Balaban J connectivity index is 1.54. The monoisotopic (exact) mass is 374 g/mol. The van der Waals surface area contributed by atoms with E-state index in [9.17, 15) is 9.59 Å². The summed E-state index contributed by atoms with van der Waals surface area (Å²) in [5.41, 5.74) is 2.79. The first-order chi connectivity index (χ1) is 13.7. The number of carbonyl (C=O) groups excluding carboxylic acids is 2. The molecule has 0 bridgehead atoms. The number of amides is 2. The lowest BCUT2D eigenvalue weighted by Gasteiger charge is -2.08. The van der Waals surface area contributed by atoms with Crippen molar-refractivity contribution in [3.05, 3.63) is 95.6 Å². The molecule has 0 saturated carbocycles. The molecular weight excluding hydrogens is 352 g/mol. The molecule has 3 rings (SSSR count). The molecule has 0 spiro atoms. The molecule has 3 aromatic rings. The third-order valence-corrected chi connectivity index (χ3v) is 4.13. The van der Waals surface area contributed by atoms with E-state index >= 15 is 0 Å². The predicted octanol–water partition coefficient (Wildman–Crippen LogP) is 4.27. The average Bonchev–Trinajstić information content (AvgIpc) is 2.74. The van der Waals surface area contributed by atoms with Crippen molar-refractivity contribution in [1.82, 2.24) is 5.32 Å². The van der Waals surface area contributed by atoms with Crippen molar-refractivity contribution in [1.29, 1.82) is 0 Å². The first kappa shape index (κ1) is 19.2. The Bertz CT molecular complexity index is 920. The highest BCUT2D eigenvalue weighted by Gasteiger charge is 2.08. The maximum Gasteiger partial charge on any atom is 0.255 e. The normalized spacial score (nSPS) is 10.2. The van der Waals surface area contributed by atoms with Gasteiger partial charge >= 0.3 is 0 Å². The van der Waals surface area contributed by atoms with E-state index in [1.54, 1.807) is 36.4 Å². The van der Waals surface area contributed by atoms with Crippen LogP contribution in [0.3, 0.4) is 0 Å². The maximum absolute atomic E-state index is 12.4. The topological polar surface area (TPSA) is 67.4 Å². The highest BCUT2D eigenvalue weighted by atomic mass is 16.5. The molecule has 0 heterocycles. The van der Waals surface area contributed by atoms with Crippen LogP contribution in [0.1, 0.15) is 33.2 Å². The third kappa shape index (κ3) is 5.20. The molecule has 0 fully saturated rings. The molecule has 5 nitrogen and oxygen atoms in total. The van der Waals surface area contributed by atoms with Gasteiger partial charge in [-0.1, -0.05) is 30.3 Å². The van der Waals surface area contributed by atoms with Gasteiger partial charge in [0.1, 0.15) is 5.75 Å². The molecule has 142 valence electrons. The molecule has 0 aliphatic carbocycles. The SMILES string of the molecule is CCOc1ccc(NC(=O)c2ccc(CNC(=O)c3ccccc3)cc2)cc1. The Morgan fingerprint density at radius 3 is 2.07 bits per heavy atom. The van der Waals surface area contributed by atoms with Crippen LogP contribution in [0.15, 0.2) is 78.9 Å². The molecule has 0 aliphatic rings. The minimum absolute atomic E-state index is 0.127. The molecular formula is C23H22N2O3. The molecule has 2 amide bonds. The largest absolute Gasteiger partial charge is 0.494 e. The number of rotatable bonds is 7.